The fourth-order valence-electron chi connectivity index (χ4n) is 8.94. The molecule has 10 aromatic carbocycles. The van der Waals surface area contributed by atoms with Crippen LogP contribution in [0, 0.1) is 0 Å². The maximum Gasteiger partial charge on any atom is 0.339 e. The van der Waals surface area contributed by atoms with Gasteiger partial charge in [0.2, 0.25) is 0 Å². The topological polar surface area (TPSA) is 137 Å². The van der Waals surface area contributed by atoms with Crippen LogP contribution in [0.5, 0.6) is 34.5 Å². The minimum atomic E-state index is -1.27. The SMILES string of the molecule is O=C(N[C@@H](COC(=O)c1cc(OCc2ccccc2)cc(OCc2ccccc2)c1)[C@H](OC(=O)c1cc(OCc2ccccc2)cc(OCc2ccccc2)c1)c1ccccc1)c1cc(OCc2ccccc2)cc(OCc2ccccc2)c1. The Morgan fingerprint density at radius 3 is 0.869 bits per heavy atom. The van der Waals surface area contributed by atoms with Gasteiger partial charge in [-0.05, 0) is 75.3 Å². The highest BCUT2D eigenvalue weighted by Gasteiger charge is 2.32. The predicted molar refractivity (Wildman–Crippen MR) is 320 cm³/mol. The van der Waals surface area contributed by atoms with Crippen LogP contribution in [0.4, 0.5) is 0 Å². The van der Waals surface area contributed by atoms with Gasteiger partial charge >= 0.3 is 11.9 Å². The van der Waals surface area contributed by atoms with Crippen molar-refractivity contribution < 1.29 is 52.3 Å². The Hall–Kier alpha value is -10.6. The Balaban J connectivity index is 0.985. The van der Waals surface area contributed by atoms with Crippen LogP contribution in [0.3, 0.4) is 0 Å². The van der Waals surface area contributed by atoms with E-state index in [0.717, 1.165) is 33.4 Å². The van der Waals surface area contributed by atoms with Crippen molar-refractivity contribution in [2.45, 2.75) is 51.8 Å². The van der Waals surface area contributed by atoms with Crippen LogP contribution in [0.1, 0.15) is 76.1 Å². The number of hydrogen-bond donors (Lipinski definition) is 1. The average molecular weight is 1120 g/mol. The molecule has 0 aromatic heterocycles. The van der Waals surface area contributed by atoms with E-state index in [2.05, 4.69) is 5.32 Å². The van der Waals surface area contributed by atoms with Gasteiger partial charge in [-0.15, -0.1) is 0 Å². The van der Waals surface area contributed by atoms with Crippen LogP contribution in [0.15, 0.2) is 267 Å². The zero-order chi connectivity index (χ0) is 57.6. The Bertz CT molecular complexity index is 3500. The molecule has 0 bridgehead atoms. The number of rotatable bonds is 27. The predicted octanol–water partition coefficient (Wildman–Crippen LogP) is 14.7. The maximum absolute atomic E-state index is 15.1. The van der Waals surface area contributed by atoms with E-state index < -0.39 is 36.6 Å². The summed E-state index contributed by atoms with van der Waals surface area (Å²) in [6.45, 7) is 0.798. The third-order valence-corrected chi connectivity index (χ3v) is 13.3. The van der Waals surface area contributed by atoms with E-state index in [9.17, 15) is 9.59 Å². The van der Waals surface area contributed by atoms with E-state index in [-0.39, 0.29) is 56.3 Å². The molecular weight excluding hydrogens is 1050 g/mol. The Kier molecular flexibility index (Phi) is 19.7. The normalized spacial score (nSPS) is 11.5. The molecule has 10 rings (SSSR count). The molecule has 0 saturated heterocycles. The fraction of sp³-hybridized carbons (Fsp3) is 0.125. The van der Waals surface area contributed by atoms with Gasteiger partial charge in [-0.2, -0.15) is 0 Å². The van der Waals surface area contributed by atoms with Crippen molar-refractivity contribution in [3.05, 3.63) is 323 Å². The standard InChI is InChI=1S/C72H61NO11/c74-70(59-36-62(77-45-52-22-8-1-9-23-52)42-63(37-59)78-46-53-24-10-2-11-25-53)73-68(51-83-71(75)60-38-64(79-47-54-26-12-3-13-27-54)43-65(39-60)80-48-55-28-14-4-15-29-55)69(58-34-20-7-21-35-58)84-72(76)61-40-66(81-49-56-30-16-5-17-31-56)44-67(41-61)82-50-57-32-18-6-19-33-57/h1-44,68-69H,45-51H2,(H,73,74)/t68-,69+/m0/s1. The summed E-state index contributed by atoms with van der Waals surface area (Å²) in [6.07, 6.45) is -1.27. The van der Waals surface area contributed by atoms with Crippen molar-refractivity contribution in [1.82, 2.24) is 5.32 Å². The summed E-state index contributed by atoms with van der Waals surface area (Å²) in [4.78, 5) is 44.7. The van der Waals surface area contributed by atoms with Crippen molar-refractivity contribution in [2.24, 2.45) is 0 Å². The highest BCUT2D eigenvalue weighted by Crippen LogP contribution is 2.32. The number of amides is 1. The van der Waals surface area contributed by atoms with Crippen LogP contribution >= 0.6 is 0 Å². The van der Waals surface area contributed by atoms with Gasteiger partial charge in [-0.3, -0.25) is 4.79 Å². The van der Waals surface area contributed by atoms with Gasteiger partial charge < -0.3 is 43.2 Å². The van der Waals surface area contributed by atoms with Gasteiger partial charge in [-0.25, -0.2) is 9.59 Å². The molecule has 12 heteroatoms. The fourth-order valence-corrected chi connectivity index (χ4v) is 8.94. The molecule has 12 nitrogen and oxygen atoms in total. The van der Waals surface area contributed by atoms with Crippen LogP contribution in [-0.4, -0.2) is 30.5 Å². The summed E-state index contributed by atoms with van der Waals surface area (Å²) in [7, 11) is 0. The van der Waals surface area contributed by atoms with Gasteiger partial charge in [0.1, 0.15) is 86.8 Å². The lowest BCUT2D eigenvalue weighted by molar-refractivity contribution is 0.00475. The van der Waals surface area contributed by atoms with Gasteiger partial charge in [0.25, 0.3) is 5.91 Å². The lowest BCUT2D eigenvalue weighted by Gasteiger charge is -2.28. The molecule has 0 spiro atoms. The summed E-state index contributed by atoms with van der Waals surface area (Å²) in [5, 5.41) is 3.09. The molecule has 0 aliphatic rings. The number of carbonyl (C=O) groups is 3. The molecule has 420 valence electrons. The first-order valence-electron chi connectivity index (χ1n) is 27.5. The monoisotopic (exact) mass is 1120 g/mol. The molecule has 0 heterocycles. The van der Waals surface area contributed by atoms with Crippen molar-refractivity contribution in [2.75, 3.05) is 6.61 Å². The number of esters is 2. The second kappa shape index (κ2) is 29.2. The Morgan fingerprint density at radius 2 is 0.571 bits per heavy atom. The van der Waals surface area contributed by atoms with Crippen LogP contribution < -0.4 is 33.7 Å². The van der Waals surface area contributed by atoms with Gasteiger partial charge in [-0.1, -0.05) is 212 Å². The van der Waals surface area contributed by atoms with E-state index in [0.29, 0.717) is 40.1 Å². The molecule has 0 fully saturated rings. The molecule has 0 aliphatic heterocycles. The molecule has 10 aromatic rings. The van der Waals surface area contributed by atoms with Crippen molar-refractivity contribution in [3.8, 4) is 34.5 Å². The quantitative estimate of drug-likeness (QED) is 0.0493. The van der Waals surface area contributed by atoms with Gasteiger partial charge in [0.05, 0.1) is 11.1 Å². The Labute approximate surface area is 488 Å². The van der Waals surface area contributed by atoms with E-state index in [1.54, 1.807) is 78.9 Å². The third-order valence-electron chi connectivity index (χ3n) is 13.3. The zero-order valence-electron chi connectivity index (χ0n) is 46.0. The van der Waals surface area contributed by atoms with E-state index in [1.807, 2.05) is 188 Å². The number of benzene rings is 10. The van der Waals surface area contributed by atoms with Crippen molar-refractivity contribution >= 4 is 17.8 Å². The minimum Gasteiger partial charge on any atom is -0.489 e. The first-order valence-corrected chi connectivity index (χ1v) is 27.5. The molecule has 0 aliphatic carbocycles. The summed E-state index contributed by atoms with van der Waals surface area (Å²) < 4.78 is 50.4. The number of ether oxygens (including phenoxy) is 8. The highest BCUT2D eigenvalue weighted by atomic mass is 16.6. The first-order chi connectivity index (χ1) is 41.3. The average Bonchev–Trinajstić information content (AvgIpc) is 3.75. The lowest BCUT2D eigenvalue weighted by atomic mass is 10.0. The zero-order valence-corrected chi connectivity index (χ0v) is 46.0. The minimum absolute atomic E-state index is 0.102. The van der Waals surface area contributed by atoms with Gasteiger partial charge in [0.15, 0.2) is 6.10 Å². The number of nitrogens with one attached hydrogen (secondary N) is 1. The summed E-state index contributed by atoms with van der Waals surface area (Å²) >= 11 is 0. The molecule has 2 atom stereocenters. The summed E-state index contributed by atoms with van der Waals surface area (Å²) in [5.41, 5.74) is 6.37. The molecule has 1 amide bonds. The number of hydrogen-bond acceptors (Lipinski definition) is 11. The van der Waals surface area contributed by atoms with Crippen LogP contribution in [0.2, 0.25) is 0 Å². The maximum atomic E-state index is 15.1. The molecule has 0 unspecified atom stereocenters. The van der Waals surface area contributed by atoms with E-state index in [1.165, 1.54) is 0 Å². The second-order valence-corrected chi connectivity index (χ2v) is 19.6. The van der Waals surface area contributed by atoms with Crippen molar-refractivity contribution in [3.63, 3.8) is 0 Å². The first kappa shape index (κ1) is 56.7. The molecule has 0 saturated carbocycles. The van der Waals surface area contributed by atoms with Crippen LogP contribution in [-0.2, 0) is 49.1 Å². The number of carbonyl (C=O) groups excluding carboxylic acids is 3. The molecule has 1 N–H and O–H groups in total. The third kappa shape index (κ3) is 17.0. The largest absolute Gasteiger partial charge is 0.489 e. The van der Waals surface area contributed by atoms with E-state index >= 15 is 4.79 Å². The van der Waals surface area contributed by atoms with E-state index in [4.69, 9.17) is 37.9 Å². The smallest absolute Gasteiger partial charge is 0.339 e. The Morgan fingerprint density at radius 1 is 0.310 bits per heavy atom. The summed E-state index contributed by atoms with van der Waals surface area (Å²) in [5.74, 6) is 0.00721. The second-order valence-electron chi connectivity index (χ2n) is 19.6. The highest BCUT2D eigenvalue weighted by molar-refractivity contribution is 5.96. The van der Waals surface area contributed by atoms with Crippen molar-refractivity contribution in [1.29, 1.82) is 0 Å². The van der Waals surface area contributed by atoms with Crippen LogP contribution in [0.25, 0.3) is 0 Å². The summed E-state index contributed by atoms with van der Waals surface area (Å²) in [6, 6.07) is 80.3. The van der Waals surface area contributed by atoms with Gasteiger partial charge in [0, 0.05) is 23.8 Å². The molecule has 0 radical (unpaired) electrons. The molecular formula is C72H61NO11. The molecule has 84 heavy (non-hydrogen) atoms. The lowest BCUT2D eigenvalue weighted by Crippen LogP contribution is -2.44.